The molecule has 1 saturated carbocycles. The minimum atomic E-state index is -0.290. The lowest BCUT2D eigenvalue weighted by Crippen LogP contribution is -2.51. The maximum absolute atomic E-state index is 12.9. The van der Waals surface area contributed by atoms with Crippen LogP contribution in [0.1, 0.15) is 18.4 Å². The number of carbonyl (C=O) groups excluding carboxylic acids is 1. The number of hydrogen-bond donors (Lipinski definition) is 1. The predicted octanol–water partition coefficient (Wildman–Crippen LogP) is 1.08. The Morgan fingerprint density at radius 2 is 1.81 bits per heavy atom. The van der Waals surface area contributed by atoms with Gasteiger partial charge in [-0.15, -0.1) is 6.42 Å². The smallest absolute Gasteiger partial charge is 0.233 e. The summed E-state index contributed by atoms with van der Waals surface area (Å²) < 4.78 is 0. The summed E-state index contributed by atoms with van der Waals surface area (Å²) in [6.07, 6.45) is 7.23. The third-order valence-corrected chi connectivity index (χ3v) is 4.60. The molecule has 110 valence electrons. The maximum atomic E-state index is 12.9. The summed E-state index contributed by atoms with van der Waals surface area (Å²) in [6, 6.07) is 7.75. The number of rotatable bonds is 3. The van der Waals surface area contributed by atoms with Crippen molar-refractivity contribution < 1.29 is 4.79 Å². The summed E-state index contributed by atoms with van der Waals surface area (Å²) in [4.78, 5) is 17.1. The molecule has 1 heterocycles. The summed E-state index contributed by atoms with van der Waals surface area (Å²) in [7, 11) is 0. The second kappa shape index (κ2) is 5.42. The van der Waals surface area contributed by atoms with E-state index in [1.165, 1.54) is 0 Å². The molecule has 1 saturated heterocycles. The summed E-state index contributed by atoms with van der Waals surface area (Å²) >= 11 is 0. The van der Waals surface area contributed by atoms with E-state index in [0.717, 1.165) is 50.3 Å². The number of hydrogen-bond acceptors (Lipinski definition) is 3. The normalized spacial score (nSPS) is 20.8. The predicted molar refractivity (Wildman–Crippen MR) is 83.6 cm³/mol. The van der Waals surface area contributed by atoms with Crippen LogP contribution in [0.5, 0.6) is 0 Å². The van der Waals surface area contributed by atoms with Crippen LogP contribution in [0.4, 0.5) is 5.69 Å². The van der Waals surface area contributed by atoms with Crippen LogP contribution in [0, 0.1) is 12.3 Å². The zero-order valence-electron chi connectivity index (χ0n) is 12.2. The van der Waals surface area contributed by atoms with Crippen molar-refractivity contribution in [3.05, 3.63) is 29.8 Å². The lowest BCUT2D eigenvalue weighted by atomic mass is 9.93. The Morgan fingerprint density at radius 1 is 1.19 bits per heavy atom. The minimum Gasteiger partial charge on any atom is -0.399 e. The number of benzene rings is 1. The van der Waals surface area contributed by atoms with E-state index >= 15 is 0 Å². The van der Waals surface area contributed by atoms with E-state index in [-0.39, 0.29) is 11.3 Å². The van der Waals surface area contributed by atoms with Crippen LogP contribution < -0.4 is 5.73 Å². The van der Waals surface area contributed by atoms with Crippen molar-refractivity contribution in [3.63, 3.8) is 0 Å². The Labute approximate surface area is 125 Å². The molecule has 1 aliphatic carbocycles. The van der Waals surface area contributed by atoms with Gasteiger partial charge >= 0.3 is 0 Å². The molecule has 0 atom stereocenters. The number of anilines is 1. The lowest BCUT2D eigenvalue weighted by molar-refractivity contribution is -0.135. The highest BCUT2D eigenvalue weighted by atomic mass is 16.2. The number of nitrogen functional groups attached to an aromatic ring is 1. The molecular weight excluding hydrogens is 262 g/mol. The van der Waals surface area contributed by atoms with Crippen LogP contribution in [-0.2, 0) is 10.2 Å². The van der Waals surface area contributed by atoms with Gasteiger partial charge in [-0.3, -0.25) is 9.69 Å². The van der Waals surface area contributed by atoms with E-state index in [4.69, 9.17) is 12.2 Å². The third-order valence-electron chi connectivity index (χ3n) is 4.60. The van der Waals surface area contributed by atoms with Crippen molar-refractivity contribution in [2.75, 3.05) is 38.5 Å². The van der Waals surface area contributed by atoms with Crippen molar-refractivity contribution in [2.24, 2.45) is 0 Å². The Hall–Kier alpha value is -1.99. The number of nitrogens with two attached hydrogens (primary N) is 1. The average Bonchev–Trinajstić information content (AvgIpc) is 3.30. The van der Waals surface area contributed by atoms with Crippen LogP contribution in [0.25, 0.3) is 0 Å². The highest BCUT2D eigenvalue weighted by molar-refractivity contribution is 5.91. The number of nitrogens with zero attached hydrogens (tertiary/aromatic N) is 2. The molecule has 0 spiro atoms. The second-order valence-corrected chi connectivity index (χ2v) is 5.98. The summed E-state index contributed by atoms with van der Waals surface area (Å²) in [5, 5.41) is 0. The van der Waals surface area contributed by atoms with E-state index in [1.807, 2.05) is 29.2 Å². The van der Waals surface area contributed by atoms with Gasteiger partial charge in [0.25, 0.3) is 0 Å². The standard InChI is InChI=1S/C17H21N3O/c1-2-9-19-10-12-20(13-11-19)16(21)17(7-8-17)14-3-5-15(18)6-4-14/h1,3-6H,7-13,18H2. The van der Waals surface area contributed by atoms with Crippen molar-refractivity contribution in [1.82, 2.24) is 9.80 Å². The molecule has 21 heavy (non-hydrogen) atoms. The van der Waals surface area contributed by atoms with Gasteiger partial charge in [0.05, 0.1) is 12.0 Å². The van der Waals surface area contributed by atoms with Crippen molar-refractivity contribution >= 4 is 11.6 Å². The molecule has 1 aliphatic heterocycles. The first-order chi connectivity index (χ1) is 10.2. The van der Waals surface area contributed by atoms with E-state index in [0.29, 0.717) is 6.54 Å². The fourth-order valence-corrected chi connectivity index (χ4v) is 3.09. The van der Waals surface area contributed by atoms with Crippen LogP contribution >= 0.6 is 0 Å². The van der Waals surface area contributed by atoms with Gasteiger partial charge < -0.3 is 10.6 Å². The number of carbonyl (C=O) groups is 1. The molecule has 2 fully saturated rings. The number of amides is 1. The molecule has 1 aromatic carbocycles. The van der Waals surface area contributed by atoms with E-state index in [1.54, 1.807) is 0 Å². The maximum Gasteiger partial charge on any atom is 0.233 e. The van der Waals surface area contributed by atoms with E-state index in [9.17, 15) is 4.79 Å². The fraction of sp³-hybridized carbons (Fsp3) is 0.471. The van der Waals surface area contributed by atoms with Gasteiger partial charge in [0.1, 0.15) is 0 Å². The van der Waals surface area contributed by atoms with Gasteiger partial charge in [-0.1, -0.05) is 18.1 Å². The molecule has 2 N–H and O–H groups in total. The first kappa shape index (κ1) is 14.0. The molecule has 4 nitrogen and oxygen atoms in total. The Bertz CT molecular complexity index is 561. The van der Waals surface area contributed by atoms with Gasteiger partial charge in [0, 0.05) is 31.9 Å². The first-order valence-electron chi connectivity index (χ1n) is 7.47. The zero-order valence-corrected chi connectivity index (χ0v) is 12.2. The van der Waals surface area contributed by atoms with Gasteiger partial charge in [-0.2, -0.15) is 0 Å². The highest BCUT2D eigenvalue weighted by Crippen LogP contribution is 2.49. The monoisotopic (exact) mass is 283 g/mol. The molecule has 2 aliphatic rings. The SMILES string of the molecule is C#CCN1CCN(C(=O)C2(c3ccc(N)cc3)CC2)CC1. The van der Waals surface area contributed by atoms with Crippen LogP contribution in [-0.4, -0.2) is 48.4 Å². The fourth-order valence-electron chi connectivity index (χ4n) is 3.09. The Balaban J connectivity index is 1.68. The zero-order chi connectivity index (χ0) is 14.9. The quantitative estimate of drug-likeness (QED) is 0.667. The van der Waals surface area contributed by atoms with E-state index in [2.05, 4.69) is 10.8 Å². The van der Waals surface area contributed by atoms with Gasteiger partial charge in [0.2, 0.25) is 5.91 Å². The molecule has 3 rings (SSSR count). The van der Waals surface area contributed by atoms with E-state index < -0.39 is 0 Å². The molecule has 0 bridgehead atoms. The van der Waals surface area contributed by atoms with Crippen LogP contribution in [0.2, 0.25) is 0 Å². The molecule has 0 aromatic heterocycles. The molecule has 4 heteroatoms. The molecule has 1 amide bonds. The van der Waals surface area contributed by atoms with Gasteiger partial charge in [0.15, 0.2) is 0 Å². The largest absolute Gasteiger partial charge is 0.399 e. The Morgan fingerprint density at radius 3 is 2.33 bits per heavy atom. The highest BCUT2D eigenvalue weighted by Gasteiger charge is 2.53. The van der Waals surface area contributed by atoms with Crippen LogP contribution in [0.15, 0.2) is 24.3 Å². The minimum absolute atomic E-state index is 0.271. The first-order valence-corrected chi connectivity index (χ1v) is 7.47. The van der Waals surface area contributed by atoms with Crippen molar-refractivity contribution in [3.8, 4) is 12.3 Å². The van der Waals surface area contributed by atoms with Crippen molar-refractivity contribution in [1.29, 1.82) is 0 Å². The van der Waals surface area contributed by atoms with Gasteiger partial charge in [-0.05, 0) is 30.5 Å². The summed E-state index contributed by atoms with van der Waals surface area (Å²) in [6.45, 7) is 3.96. The molecular formula is C17H21N3O. The number of terminal acetylenes is 1. The molecule has 0 radical (unpaired) electrons. The average molecular weight is 283 g/mol. The Kier molecular flexibility index (Phi) is 3.60. The summed E-state index contributed by atoms with van der Waals surface area (Å²) in [5.74, 6) is 2.94. The van der Waals surface area contributed by atoms with Crippen LogP contribution in [0.3, 0.4) is 0 Å². The molecule has 1 aromatic rings. The topological polar surface area (TPSA) is 49.6 Å². The third kappa shape index (κ3) is 2.62. The lowest BCUT2D eigenvalue weighted by Gasteiger charge is -2.36. The molecule has 0 unspecified atom stereocenters. The van der Waals surface area contributed by atoms with Crippen molar-refractivity contribution in [2.45, 2.75) is 18.3 Å². The second-order valence-electron chi connectivity index (χ2n) is 5.98. The number of piperazine rings is 1. The van der Waals surface area contributed by atoms with Gasteiger partial charge in [-0.25, -0.2) is 0 Å². The summed E-state index contributed by atoms with van der Waals surface area (Å²) in [5.41, 5.74) is 7.29.